The molecule has 0 radical (unpaired) electrons. The van der Waals surface area contributed by atoms with Crippen molar-refractivity contribution in [3.63, 3.8) is 0 Å². The number of fused-ring (bicyclic) bond motifs is 1. The largest absolute Gasteiger partial charge is 0.489 e. The van der Waals surface area contributed by atoms with Gasteiger partial charge in [-0.25, -0.2) is 17.5 Å². The molecule has 1 aromatic carbocycles. The lowest BCUT2D eigenvalue weighted by molar-refractivity contribution is 0.0691. The molecule has 1 atom stereocenters. The summed E-state index contributed by atoms with van der Waals surface area (Å²) in [4.78, 5) is 11.2. The molecule has 0 saturated heterocycles. The summed E-state index contributed by atoms with van der Waals surface area (Å²) in [6.07, 6.45) is 0.359. The normalized spacial score (nSPS) is 18.2. The zero-order chi connectivity index (χ0) is 14.4. The van der Waals surface area contributed by atoms with Crippen LogP contribution in [0.5, 0.6) is 5.75 Å². The molecule has 1 heterocycles. The first-order chi connectivity index (χ1) is 8.73. The highest BCUT2D eigenvalue weighted by molar-refractivity contribution is 7.89. The lowest BCUT2D eigenvalue weighted by atomic mass is 10.1. The topological polar surface area (TPSA) is 83.9 Å². The number of hydrogen-bond donors (Lipinski definition) is 1. The first-order valence-electron chi connectivity index (χ1n) is 5.73. The zero-order valence-corrected chi connectivity index (χ0v) is 11.7. The number of hydrogen-bond acceptors (Lipinski definition) is 4. The van der Waals surface area contributed by atoms with Crippen molar-refractivity contribution in [3.05, 3.63) is 23.3 Å². The number of nitrogens with zero attached hydrogens (tertiary/aromatic N) is 1. The molecule has 7 heteroatoms. The van der Waals surface area contributed by atoms with Crippen molar-refractivity contribution < 1.29 is 23.1 Å². The quantitative estimate of drug-likeness (QED) is 0.894. The SMILES string of the molecule is CC1Cc2cc(S(=O)(=O)N(C)C)cc(C(=O)O)c2O1. The van der Waals surface area contributed by atoms with Gasteiger partial charge in [0.25, 0.3) is 0 Å². The van der Waals surface area contributed by atoms with Crippen LogP contribution in [-0.4, -0.2) is 44.0 Å². The minimum Gasteiger partial charge on any atom is -0.489 e. The standard InChI is InChI=1S/C12H15NO5S/c1-7-4-8-5-9(19(16,17)13(2)3)6-10(12(14)15)11(8)18-7/h5-7H,4H2,1-3H3,(H,14,15). The van der Waals surface area contributed by atoms with E-state index in [1.54, 1.807) is 0 Å². The van der Waals surface area contributed by atoms with Crippen molar-refractivity contribution >= 4 is 16.0 Å². The van der Waals surface area contributed by atoms with E-state index < -0.39 is 16.0 Å². The smallest absolute Gasteiger partial charge is 0.339 e. The number of carboxylic acids is 1. The van der Waals surface area contributed by atoms with Gasteiger partial charge in [-0.05, 0) is 19.1 Å². The third-order valence-electron chi connectivity index (χ3n) is 2.97. The van der Waals surface area contributed by atoms with E-state index in [-0.39, 0.29) is 22.3 Å². The van der Waals surface area contributed by atoms with E-state index in [2.05, 4.69) is 0 Å². The van der Waals surface area contributed by atoms with Gasteiger partial charge >= 0.3 is 5.97 Å². The Hall–Kier alpha value is -1.60. The average molecular weight is 285 g/mol. The molecule has 1 aromatic rings. The summed E-state index contributed by atoms with van der Waals surface area (Å²) >= 11 is 0. The Labute approximate surface area is 111 Å². The maximum atomic E-state index is 12.1. The van der Waals surface area contributed by atoms with Gasteiger partial charge in [-0.15, -0.1) is 0 Å². The Kier molecular flexibility index (Phi) is 3.27. The summed E-state index contributed by atoms with van der Waals surface area (Å²) in [6, 6.07) is 2.63. The van der Waals surface area contributed by atoms with E-state index in [1.165, 1.54) is 20.2 Å². The Balaban J connectivity index is 2.66. The van der Waals surface area contributed by atoms with Gasteiger partial charge in [-0.3, -0.25) is 0 Å². The molecule has 104 valence electrons. The first kappa shape index (κ1) is 13.8. The van der Waals surface area contributed by atoms with Gasteiger partial charge in [0.05, 0.1) is 4.90 Å². The summed E-state index contributed by atoms with van der Waals surface area (Å²) in [5, 5.41) is 9.18. The Morgan fingerprint density at radius 1 is 1.42 bits per heavy atom. The molecule has 0 bridgehead atoms. The van der Waals surface area contributed by atoms with Gasteiger partial charge in [0.15, 0.2) is 0 Å². The molecule has 1 unspecified atom stereocenters. The fourth-order valence-electron chi connectivity index (χ4n) is 2.02. The van der Waals surface area contributed by atoms with Crippen LogP contribution in [-0.2, 0) is 16.4 Å². The van der Waals surface area contributed by atoms with Crippen LogP contribution in [0.2, 0.25) is 0 Å². The van der Waals surface area contributed by atoms with E-state index in [4.69, 9.17) is 4.74 Å². The van der Waals surface area contributed by atoms with Crippen LogP contribution in [0.3, 0.4) is 0 Å². The number of aromatic carboxylic acids is 1. The molecular weight excluding hydrogens is 270 g/mol. The van der Waals surface area contributed by atoms with Crippen molar-refractivity contribution in [3.8, 4) is 5.75 Å². The van der Waals surface area contributed by atoms with Gasteiger partial charge < -0.3 is 9.84 Å². The van der Waals surface area contributed by atoms with Crippen molar-refractivity contribution in [2.75, 3.05) is 14.1 Å². The van der Waals surface area contributed by atoms with Crippen LogP contribution in [0, 0.1) is 0 Å². The second kappa shape index (κ2) is 4.50. The highest BCUT2D eigenvalue weighted by Crippen LogP contribution is 2.35. The summed E-state index contributed by atoms with van der Waals surface area (Å²) in [5.74, 6) is -0.918. The minimum atomic E-state index is -3.66. The fraction of sp³-hybridized carbons (Fsp3) is 0.417. The molecule has 19 heavy (non-hydrogen) atoms. The number of rotatable bonds is 3. The molecule has 0 amide bonds. The van der Waals surface area contributed by atoms with Crippen LogP contribution < -0.4 is 4.74 Å². The van der Waals surface area contributed by atoms with Crippen molar-refractivity contribution in [2.24, 2.45) is 0 Å². The fourth-order valence-corrected chi connectivity index (χ4v) is 3.00. The minimum absolute atomic E-state index is 0.0219. The number of carboxylic acid groups (broad SMARTS) is 1. The van der Waals surface area contributed by atoms with Crippen molar-refractivity contribution in [1.29, 1.82) is 0 Å². The Morgan fingerprint density at radius 2 is 2.05 bits per heavy atom. The molecule has 0 saturated carbocycles. The lowest BCUT2D eigenvalue weighted by Gasteiger charge is -2.13. The summed E-state index contributed by atoms with van der Waals surface area (Å²) < 4.78 is 30.7. The average Bonchev–Trinajstić information content (AvgIpc) is 2.66. The molecule has 1 aliphatic rings. The van der Waals surface area contributed by atoms with E-state index >= 15 is 0 Å². The molecule has 0 spiro atoms. The van der Waals surface area contributed by atoms with Gasteiger partial charge in [0.2, 0.25) is 10.0 Å². The summed E-state index contributed by atoms with van der Waals surface area (Å²) in [6.45, 7) is 1.81. The van der Waals surface area contributed by atoms with Gasteiger partial charge in [-0.1, -0.05) is 0 Å². The first-order valence-corrected chi connectivity index (χ1v) is 7.17. The Morgan fingerprint density at radius 3 is 2.58 bits per heavy atom. The number of ether oxygens (including phenoxy) is 1. The highest BCUT2D eigenvalue weighted by Gasteiger charge is 2.29. The second-order valence-corrected chi connectivity index (χ2v) is 6.84. The third-order valence-corrected chi connectivity index (χ3v) is 4.77. The van der Waals surface area contributed by atoms with E-state index in [0.717, 1.165) is 10.4 Å². The predicted molar refractivity (Wildman–Crippen MR) is 68.1 cm³/mol. The molecule has 0 aliphatic carbocycles. The van der Waals surface area contributed by atoms with E-state index in [0.29, 0.717) is 12.0 Å². The maximum absolute atomic E-state index is 12.1. The zero-order valence-electron chi connectivity index (χ0n) is 10.9. The molecule has 0 fully saturated rings. The van der Waals surface area contributed by atoms with Crippen LogP contribution in [0.25, 0.3) is 0 Å². The molecular formula is C12H15NO5S. The van der Waals surface area contributed by atoms with Crippen LogP contribution >= 0.6 is 0 Å². The van der Waals surface area contributed by atoms with E-state index in [1.807, 2.05) is 6.92 Å². The van der Waals surface area contributed by atoms with Crippen molar-refractivity contribution in [2.45, 2.75) is 24.3 Å². The predicted octanol–water partition coefficient (Wildman–Crippen LogP) is 0.959. The van der Waals surface area contributed by atoms with Gasteiger partial charge in [0, 0.05) is 26.1 Å². The van der Waals surface area contributed by atoms with Crippen molar-refractivity contribution in [1.82, 2.24) is 4.31 Å². The molecule has 0 aromatic heterocycles. The van der Waals surface area contributed by atoms with Gasteiger partial charge in [0.1, 0.15) is 17.4 Å². The molecule has 6 nitrogen and oxygen atoms in total. The molecule has 2 rings (SSSR count). The van der Waals surface area contributed by atoms with Gasteiger partial charge in [-0.2, -0.15) is 0 Å². The van der Waals surface area contributed by atoms with E-state index in [9.17, 15) is 18.3 Å². The summed E-state index contributed by atoms with van der Waals surface area (Å²) in [7, 11) is -0.848. The second-order valence-electron chi connectivity index (χ2n) is 4.68. The Bertz CT molecular complexity index is 636. The van der Waals surface area contributed by atoms with Crippen LogP contribution in [0.4, 0.5) is 0 Å². The molecule has 1 aliphatic heterocycles. The number of benzene rings is 1. The maximum Gasteiger partial charge on any atom is 0.339 e. The lowest BCUT2D eigenvalue weighted by Crippen LogP contribution is -2.22. The van der Waals surface area contributed by atoms with Crippen LogP contribution in [0.1, 0.15) is 22.8 Å². The summed E-state index contributed by atoms with van der Waals surface area (Å²) in [5.41, 5.74) is 0.509. The molecule has 1 N–H and O–H groups in total. The third kappa shape index (κ3) is 2.31. The monoisotopic (exact) mass is 285 g/mol. The highest BCUT2D eigenvalue weighted by atomic mass is 32.2. The number of carbonyl (C=O) groups is 1. The number of sulfonamides is 1. The van der Waals surface area contributed by atoms with Crippen LogP contribution in [0.15, 0.2) is 17.0 Å².